The van der Waals surface area contributed by atoms with Crippen LogP contribution in [0.25, 0.3) is 0 Å². The molecule has 1 aromatic heterocycles. The first-order valence-corrected chi connectivity index (χ1v) is 7.81. The van der Waals surface area contributed by atoms with Crippen LogP contribution in [0.5, 0.6) is 0 Å². The quantitative estimate of drug-likeness (QED) is 0.763. The minimum atomic E-state index is 0.172. The molecule has 0 radical (unpaired) electrons. The Bertz CT molecular complexity index is 445. The summed E-state index contributed by atoms with van der Waals surface area (Å²) in [4.78, 5) is 12.6. The van der Waals surface area contributed by atoms with Gasteiger partial charge in [0.2, 0.25) is 0 Å². The van der Waals surface area contributed by atoms with E-state index >= 15 is 0 Å². The van der Waals surface area contributed by atoms with Crippen LogP contribution in [0.15, 0.2) is 10.7 Å². The summed E-state index contributed by atoms with van der Waals surface area (Å²) in [7, 11) is 1.83. The summed E-state index contributed by atoms with van der Waals surface area (Å²) in [5, 5.41) is 4.14. The summed E-state index contributed by atoms with van der Waals surface area (Å²) in [6.07, 6.45) is 6.05. The third-order valence-corrected chi connectivity index (χ3v) is 5.03. The SMILES string of the molecule is Cn1ncc(Br)c1C(=O)C1CCC(C(C)(C)C)CC1. The van der Waals surface area contributed by atoms with Crippen LogP contribution in [0.4, 0.5) is 0 Å². The highest BCUT2D eigenvalue weighted by molar-refractivity contribution is 9.10. The Morgan fingerprint density at radius 2 is 1.89 bits per heavy atom. The van der Waals surface area contributed by atoms with Crippen molar-refractivity contribution in [2.75, 3.05) is 0 Å². The van der Waals surface area contributed by atoms with Crippen LogP contribution in [-0.4, -0.2) is 15.6 Å². The fourth-order valence-electron chi connectivity index (χ4n) is 3.10. The highest BCUT2D eigenvalue weighted by atomic mass is 79.9. The van der Waals surface area contributed by atoms with E-state index in [0.717, 1.165) is 41.8 Å². The second kappa shape index (κ2) is 5.39. The molecule has 2 rings (SSSR count). The van der Waals surface area contributed by atoms with Crippen molar-refractivity contribution < 1.29 is 4.79 Å². The van der Waals surface area contributed by atoms with E-state index in [1.807, 2.05) is 7.05 Å². The molecule has 0 amide bonds. The molecule has 0 N–H and O–H groups in total. The van der Waals surface area contributed by atoms with E-state index in [4.69, 9.17) is 0 Å². The molecule has 0 atom stereocenters. The number of Topliss-reactive ketones (excluding diaryl/α,β-unsaturated/α-hetero) is 1. The van der Waals surface area contributed by atoms with E-state index in [1.54, 1.807) is 10.9 Å². The molecule has 106 valence electrons. The fourth-order valence-corrected chi connectivity index (χ4v) is 3.65. The Kier molecular flexibility index (Phi) is 4.19. The van der Waals surface area contributed by atoms with Crippen molar-refractivity contribution in [2.45, 2.75) is 46.5 Å². The van der Waals surface area contributed by atoms with E-state index in [-0.39, 0.29) is 11.7 Å². The molecule has 0 aliphatic heterocycles. The molecule has 1 aliphatic rings. The predicted molar refractivity (Wildman–Crippen MR) is 80.1 cm³/mol. The molecule has 1 saturated carbocycles. The first-order chi connectivity index (χ1) is 8.80. The minimum absolute atomic E-state index is 0.172. The van der Waals surface area contributed by atoms with E-state index in [0.29, 0.717) is 5.41 Å². The van der Waals surface area contributed by atoms with Crippen LogP contribution in [-0.2, 0) is 7.05 Å². The van der Waals surface area contributed by atoms with Gasteiger partial charge in [-0.3, -0.25) is 9.48 Å². The van der Waals surface area contributed by atoms with Crippen LogP contribution < -0.4 is 0 Å². The Morgan fingerprint density at radius 3 is 2.32 bits per heavy atom. The zero-order chi connectivity index (χ0) is 14.2. The van der Waals surface area contributed by atoms with Gasteiger partial charge in [-0.2, -0.15) is 5.10 Å². The highest BCUT2D eigenvalue weighted by Crippen LogP contribution is 2.40. The van der Waals surface area contributed by atoms with Gasteiger partial charge in [0.05, 0.1) is 10.7 Å². The zero-order valence-electron chi connectivity index (χ0n) is 12.2. The maximum atomic E-state index is 12.6. The number of carbonyl (C=O) groups is 1. The van der Waals surface area contributed by atoms with Gasteiger partial charge in [-0.05, 0) is 52.9 Å². The van der Waals surface area contributed by atoms with Gasteiger partial charge < -0.3 is 0 Å². The normalized spacial score (nSPS) is 24.5. The largest absolute Gasteiger partial charge is 0.292 e. The molecule has 1 fully saturated rings. The molecule has 0 aromatic carbocycles. The first kappa shape index (κ1) is 14.8. The van der Waals surface area contributed by atoms with E-state index in [1.165, 1.54) is 0 Å². The maximum Gasteiger partial charge on any atom is 0.185 e. The van der Waals surface area contributed by atoms with Gasteiger partial charge >= 0.3 is 0 Å². The fraction of sp³-hybridized carbons (Fsp3) is 0.733. The zero-order valence-corrected chi connectivity index (χ0v) is 13.8. The molecule has 19 heavy (non-hydrogen) atoms. The van der Waals surface area contributed by atoms with Gasteiger partial charge in [0, 0.05) is 13.0 Å². The molecule has 4 heteroatoms. The summed E-state index contributed by atoms with van der Waals surface area (Å²) in [6, 6.07) is 0. The average Bonchev–Trinajstić information content (AvgIpc) is 2.67. The first-order valence-electron chi connectivity index (χ1n) is 7.02. The number of aryl methyl sites for hydroxylation is 1. The van der Waals surface area contributed by atoms with Crippen molar-refractivity contribution in [2.24, 2.45) is 24.3 Å². The second-order valence-electron chi connectivity index (χ2n) is 6.74. The number of carbonyl (C=O) groups excluding carboxylic acids is 1. The third-order valence-electron chi connectivity index (χ3n) is 4.45. The topological polar surface area (TPSA) is 34.9 Å². The number of aromatic nitrogens is 2. The Hall–Kier alpha value is -0.640. The van der Waals surface area contributed by atoms with E-state index in [9.17, 15) is 4.79 Å². The molecule has 0 saturated heterocycles. The maximum absolute atomic E-state index is 12.6. The van der Waals surface area contributed by atoms with Crippen LogP contribution in [0.2, 0.25) is 0 Å². The predicted octanol–water partition coefficient (Wildman–Crippen LogP) is 4.22. The summed E-state index contributed by atoms with van der Waals surface area (Å²) < 4.78 is 2.50. The van der Waals surface area contributed by atoms with Gasteiger partial charge in [0.1, 0.15) is 5.69 Å². The molecule has 3 nitrogen and oxygen atoms in total. The second-order valence-corrected chi connectivity index (χ2v) is 7.60. The number of nitrogens with zero attached hydrogens (tertiary/aromatic N) is 2. The number of ketones is 1. The molecule has 1 heterocycles. The van der Waals surface area contributed by atoms with E-state index in [2.05, 4.69) is 41.8 Å². The van der Waals surface area contributed by atoms with Crippen molar-refractivity contribution in [3.8, 4) is 0 Å². The lowest BCUT2D eigenvalue weighted by Gasteiger charge is -2.36. The number of halogens is 1. The number of hydrogen-bond donors (Lipinski definition) is 0. The highest BCUT2D eigenvalue weighted by Gasteiger charge is 2.33. The Morgan fingerprint density at radius 1 is 1.32 bits per heavy atom. The van der Waals surface area contributed by atoms with Gasteiger partial charge in [0.25, 0.3) is 0 Å². The minimum Gasteiger partial charge on any atom is -0.292 e. The van der Waals surface area contributed by atoms with Gasteiger partial charge in [0.15, 0.2) is 5.78 Å². The van der Waals surface area contributed by atoms with Gasteiger partial charge in [-0.1, -0.05) is 20.8 Å². The smallest absolute Gasteiger partial charge is 0.185 e. The van der Waals surface area contributed by atoms with E-state index < -0.39 is 0 Å². The van der Waals surface area contributed by atoms with Crippen molar-refractivity contribution >= 4 is 21.7 Å². The lowest BCUT2D eigenvalue weighted by Crippen LogP contribution is -2.29. The van der Waals surface area contributed by atoms with Gasteiger partial charge in [-0.15, -0.1) is 0 Å². The van der Waals surface area contributed by atoms with Gasteiger partial charge in [-0.25, -0.2) is 0 Å². The average molecular weight is 327 g/mol. The monoisotopic (exact) mass is 326 g/mol. The summed E-state index contributed by atoms with van der Waals surface area (Å²) in [6.45, 7) is 6.91. The Labute approximate surface area is 123 Å². The Balaban J connectivity index is 2.04. The molecule has 0 unspecified atom stereocenters. The summed E-state index contributed by atoms with van der Waals surface area (Å²) in [5.41, 5.74) is 1.08. The molecule has 0 spiro atoms. The number of rotatable bonds is 2. The molecular formula is C15H23BrN2O. The molecule has 1 aromatic rings. The van der Waals surface area contributed by atoms with Crippen molar-refractivity contribution in [1.82, 2.24) is 9.78 Å². The lowest BCUT2D eigenvalue weighted by atomic mass is 9.69. The standard InChI is InChI=1S/C15H23BrN2O/c1-15(2,3)11-7-5-10(6-8-11)14(19)13-12(16)9-17-18(13)4/h9-11H,5-8H2,1-4H3. The van der Waals surface area contributed by atoms with Crippen LogP contribution in [0.3, 0.4) is 0 Å². The number of hydrogen-bond acceptors (Lipinski definition) is 2. The van der Waals surface area contributed by atoms with Crippen LogP contribution in [0, 0.1) is 17.3 Å². The third kappa shape index (κ3) is 3.10. The van der Waals surface area contributed by atoms with Crippen molar-refractivity contribution in [3.05, 3.63) is 16.4 Å². The lowest BCUT2D eigenvalue weighted by molar-refractivity contribution is 0.0809. The summed E-state index contributed by atoms with van der Waals surface area (Å²) >= 11 is 3.42. The molecular weight excluding hydrogens is 304 g/mol. The molecule has 0 bridgehead atoms. The molecule has 1 aliphatic carbocycles. The van der Waals surface area contributed by atoms with Crippen molar-refractivity contribution in [1.29, 1.82) is 0 Å². The van der Waals surface area contributed by atoms with Crippen LogP contribution in [0.1, 0.15) is 56.9 Å². The van der Waals surface area contributed by atoms with Crippen molar-refractivity contribution in [3.63, 3.8) is 0 Å². The van der Waals surface area contributed by atoms with Crippen LogP contribution >= 0.6 is 15.9 Å². The summed E-state index contributed by atoms with van der Waals surface area (Å²) in [5.74, 6) is 1.16.